The third-order valence-electron chi connectivity index (χ3n) is 6.38. The van der Waals surface area contributed by atoms with Crippen LogP contribution in [0.15, 0.2) is 54.7 Å². The molecule has 0 bridgehead atoms. The quantitative estimate of drug-likeness (QED) is 0.618. The molecule has 0 radical (unpaired) electrons. The number of anilines is 1. The molecule has 0 saturated heterocycles. The van der Waals surface area contributed by atoms with Crippen molar-refractivity contribution in [2.45, 2.75) is 37.6 Å². The Morgan fingerprint density at radius 3 is 2.70 bits per heavy atom. The molecule has 2 aromatic carbocycles. The highest BCUT2D eigenvalue weighted by Crippen LogP contribution is 2.45. The molecule has 3 heterocycles. The van der Waals surface area contributed by atoms with Gasteiger partial charge in [-0.05, 0) is 35.2 Å². The number of nitrogens with one attached hydrogen (secondary N) is 1. The van der Waals surface area contributed by atoms with Crippen LogP contribution in [0.5, 0.6) is 5.75 Å². The van der Waals surface area contributed by atoms with Crippen molar-refractivity contribution >= 4 is 11.7 Å². The Balaban J connectivity index is 1.49. The Bertz CT molecular complexity index is 1190. The number of aromatic nitrogens is 2. The number of rotatable bonds is 3. The van der Waals surface area contributed by atoms with Crippen molar-refractivity contribution in [3.63, 3.8) is 0 Å². The van der Waals surface area contributed by atoms with Crippen LogP contribution in [-0.2, 0) is 13.0 Å². The topological polar surface area (TPSA) is 59.4 Å². The molecule has 5 rings (SSSR count). The van der Waals surface area contributed by atoms with Gasteiger partial charge in [0.05, 0.1) is 19.3 Å². The number of fused-ring (bicyclic) bond motifs is 2. The molecule has 6 nitrogen and oxygen atoms in total. The highest BCUT2D eigenvalue weighted by molar-refractivity contribution is 5.99. The maximum Gasteiger partial charge on any atom is 0.410 e. The van der Waals surface area contributed by atoms with E-state index >= 15 is 0 Å². The average Bonchev–Trinajstić information content (AvgIpc) is 3.26. The summed E-state index contributed by atoms with van der Waals surface area (Å²) in [6.07, 6.45) is -2.80. The van der Waals surface area contributed by atoms with Crippen molar-refractivity contribution in [1.29, 1.82) is 0 Å². The molecular weight excluding hydrogens is 433 g/mol. The highest BCUT2D eigenvalue weighted by Gasteiger charge is 2.47. The van der Waals surface area contributed by atoms with Gasteiger partial charge in [0.1, 0.15) is 17.1 Å². The molecule has 33 heavy (non-hydrogen) atoms. The second kappa shape index (κ2) is 8.13. The van der Waals surface area contributed by atoms with Crippen LogP contribution in [0.25, 0.3) is 0 Å². The Morgan fingerprint density at radius 1 is 1.15 bits per heavy atom. The van der Waals surface area contributed by atoms with Gasteiger partial charge in [-0.2, -0.15) is 18.3 Å². The third kappa shape index (κ3) is 3.92. The molecule has 0 aliphatic carbocycles. The van der Waals surface area contributed by atoms with Gasteiger partial charge in [-0.3, -0.25) is 4.79 Å². The van der Waals surface area contributed by atoms with Crippen LogP contribution in [0.1, 0.15) is 45.6 Å². The van der Waals surface area contributed by atoms with Gasteiger partial charge in [-0.25, -0.2) is 4.68 Å². The zero-order valence-electron chi connectivity index (χ0n) is 18.0. The van der Waals surface area contributed by atoms with Crippen molar-refractivity contribution in [3.8, 4) is 5.75 Å². The molecule has 1 amide bonds. The summed E-state index contributed by atoms with van der Waals surface area (Å²) in [5.41, 5.74) is 3.04. The summed E-state index contributed by atoms with van der Waals surface area (Å²) in [5, 5.41) is 7.14. The second-order valence-electron chi connectivity index (χ2n) is 8.36. The van der Waals surface area contributed by atoms with Crippen LogP contribution >= 0.6 is 0 Å². The molecule has 0 spiro atoms. The second-order valence-corrected chi connectivity index (χ2v) is 8.36. The molecule has 2 aliphatic heterocycles. The lowest BCUT2D eigenvalue weighted by atomic mass is 9.96. The number of hydrogen-bond donors (Lipinski definition) is 1. The number of nitrogens with zero attached hydrogens (tertiary/aromatic N) is 3. The van der Waals surface area contributed by atoms with Crippen LogP contribution in [0, 0.1) is 0 Å². The zero-order valence-corrected chi connectivity index (χ0v) is 18.0. The summed E-state index contributed by atoms with van der Waals surface area (Å²) in [7, 11) is 1.51. The van der Waals surface area contributed by atoms with E-state index in [-0.39, 0.29) is 23.7 Å². The SMILES string of the molecule is COc1cccc([C@@H]2C[C@H](C(F)(F)F)n3ncc(C(=O)N4CCc5ccccc5C4)c3N2)c1. The molecule has 2 aliphatic rings. The van der Waals surface area contributed by atoms with Crippen LogP contribution in [-0.4, -0.2) is 40.4 Å². The normalized spacial score (nSPS) is 19.9. The largest absolute Gasteiger partial charge is 0.497 e. The fourth-order valence-corrected chi connectivity index (χ4v) is 4.64. The minimum Gasteiger partial charge on any atom is -0.497 e. The van der Waals surface area contributed by atoms with E-state index in [4.69, 9.17) is 4.74 Å². The Kier molecular flexibility index (Phi) is 5.26. The highest BCUT2D eigenvalue weighted by atomic mass is 19.4. The van der Waals surface area contributed by atoms with Crippen molar-refractivity contribution in [2.75, 3.05) is 19.0 Å². The summed E-state index contributed by atoms with van der Waals surface area (Å²) in [5.74, 6) is 0.325. The summed E-state index contributed by atoms with van der Waals surface area (Å²) in [6.45, 7) is 0.921. The Hall–Kier alpha value is -3.49. The number of amides is 1. The van der Waals surface area contributed by atoms with E-state index in [0.29, 0.717) is 30.8 Å². The van der Waals surface area contributed by atoms with E-state index in [1.54, 1.807) is 29.2 Å². The summed E-state index contributed by atoms with van der Waals surface area (Å²) in [6, 6.07) is 12.3. The third-order valence-corrected chi connectivity index (χ3v) is 6.38. The van der Waals surface area contributed by atoms with Gasteiger partial charge in [0.2, 0.25) is 0 Å². The van der Waals surface area contributed by atoms with Crippen LogP contribution in [0.2, 0.25) is 0 Å². The van der Waals surface area contributed by atoms with E-state index in [2.05, 4.69) is 10.4 Å². The average molecular weight is 456 g/mol. The maximum atomic E-state index is 14.0. The zero-order chi connectivity index (χ0) is 23.2. The molecule has 0 fully saturated rings. The van der Waals surface area contributed by atoms with Gasteiger partial charge in [-0.1, -0.05) is 36.4 Å². The first-order chi connectivity index (χ1) is 15.8. The summed E-state index contributed by atoms with van der Waals surface area (Å²) in [4.78, 5) is 15.0. The number of methoxy groups -OCH3 is 1. The van der Waals surface area contributed by atoms with E-state index in [9.17, 15) is 18.0 Å². The number of halogens is 3. The first kappa shape index (κ1) is 21.4. The molecule has 3 aromatic rings. The van der Waals surface area contributed by atoms with Crippen molar-refractivity contribution in [1.82, 2.24) is 14.7 Å². The molecular formula is C24H23F3N4O2. The lowest BCUT2D eigenvalue weighted by molar-refractivity contribution is -0.173. The van der Waals surface area contributed by atoms with Gasteiger partial charge in [0.15, 0.2) is 6.04 Å². The summed E-state index contributed by atoms with van der Waals surface area (Å²) >= 11 is 0. The van der Waals surface area contributed by atoms with E-state index in [0.717, 1.165) is 10.2 Å². The first-order valence-electron chi connectivity index (χ1n) is 10.8. The van der Waals surface area contributed by atoms with Gasteiger partial charge in [0.25, 0.3) is 5.91 Å². The lowest BCUT2D eigenvalue weighted by Crippen LogP contribution is -2.38. The molecule has 0 unspecified atom stereocenters. The molecule has 2 atom stereocenters. The molecule has 1 aromatic heterocycles. The first-order valence-corrected chi connectivity index (χ1v) is 10.8. The van der Waals surface area contributed by atoms with E-state index in [1.165, 1.54) is 18.9 Å². The van der Waals surface area contributed by atoms with E-state index < -0.39 is 18.3 Å². The van der Waals surface area contributed by atoms with Gasteiger partial charge < -0.3 is 15.0 Å². The predicted molar refractivity (Wildman–Crippen MR) is 116 cm³/mol. The van der Waals surface area contributed by atoms with Gasteiger partial charge in [-0.15, -0.1) is 0 Å². The van der Waals surface area contributed by atoms with Crippen molar-refractivity contribution in [2.24, 2.45) is 0 Å². The van der Waals surface area contributed by atoms with Crippen LogP contribution in [0.4, 0.5) is 19.0 Å². The Morgan fingerprint density at radius 2 is 1.94 bits per heavy atom. The number of hydrogen-bond acceptors (Lipinski definition) is 4. The molecule has 9 heteroatoms. The van der Waals surface area contributed by atoms with Crippen LogP contribution < -0.4 is 10.1 Å². The fourth-order valence-electron chi connectivity index (χ4n) is 4.64. The number of alkyl halides is 3. The van der Waals surface area contributed by atoms with Gasteiger partial charge in [0, 0.05) is 19.5 Å². The maximum absolute atomic E-state index is 14.0. The van der Waals surface area contributed by atoms with Crippen molar-refractivity contribution < 1.29 is 22.7 Å². The lowest BCUT2D eigenvalue weighted by Gasteiger charge is -2.34. The minimum absolute atomic E-state index is 0.0975. The van der Waals surface area contributed by atoms with Crippen LogP contribution in [0.3, 0.4) is 0 Å². The number of carbonyl (C=O) groups is 1. The molecule has 1 N–H and O–H groups in total. The standard InChI is InChI=1S/C24H23F3N4O2/c1-33-18-8-4-7-16(11-18)20-12-21(24(25,26)27)31-22(29-20)19(13-28-31)23(32)30-10-9-15-5-2-3-6-17(15)14-30/h2-8,11,13,20-21,29H,9-10,12,14H2,1H3/t20-,21+/m0/s1. The monoisotopic (exact) mass is 456 g/mol. The number of ether oxygens (including phenoxy) is 1. The van der Waals surface area contributed by atoms with Gasteiger partial charge >= 0.3 is 6.18 Å². The smallest absolute Gasteiger partial charge is 0.410 e. The number of carbonyl (C=O) groups excluding carboxylic acids is 1. The molecule has 172 valence electrons. The van der Waals surface area contributed by atoms with Crippen molar-refractivity contribution in [3.05, 3.63) is 77.0 Å². The van der Waals surface area contributed by atoms with E-state index in [1.807, 2.05) is 24.3 Å². The predicted octanol–water partition coefficient (Wildman–Crippen LogP) is 4.75. The Labute approximate surface area is 189 Å². The summed E-state index contributed by atoms with van der Waals surface area (Å²) < 4.78 is 48.1. The minimum atomic E-state index is -4.51. The fraction of sp³-hybridized carbons (Fsp3) is 0.333. The molecule has 0 saturated carbocycles. The number of benzene rings is 2.